The Bertz CT molecular complexity index is 358. The molecule has 0 saturated heterocycles. The first-order valence-corrected chi connectivity index (χ1v) is 3.97. The van der Waals surface area contributed by atoms with Gasteiger partial charge in [0.15, 0.2) is 0 Å². The molecule has 0 aliphatic heterocycles. The fourth-order valence-electron chi connectivity index (χ4n) is 1.02. The third kappa shape index (κ3) is 2.07. The summed E-state index contributed by atoms with van der Waals surface area (Å²) in [6, 6.07) is 5.38. The normalized spacial score (nSPS) is 12.1. The molecular weight excluding hydrogens is 186 g/mol. The van der Waals surface area contributed by atoms with Gasteiger partial charge < -0.3 is 9.90 Å². The molecule has 0 spiro atoms. The monoisotopic (exact) mass is 194 g/mol. The van der Waals surface area contributed by atoms with Crippen LogP contribution in [0.4, 0.5) is 5.69 Å². The molecule has 0 aromatic heterocycles. The summed E-state index contributed by atoms with van der Waals surface area (Å²) in [4.78, 5) is 20.2. The number of carboxylic acids is 1. The molecule has 1 aromatic carbocycles. The number of carboxylic acid groups (broad SMARTS) is 1. The highest BCUT2D eigenvalue weighted by Crippen LogP contribution is 2.18. The van der Waals surface area contributed by atoms with E-state index in [9.17, 15) is 20.0 Å². The quantitative estimate of drug-likeness (QED) is 0.516. The molecule has 0 saturated carbocycles. The number of nitro benzene ring substituents is 1. The molecule has 14 heavy (non-hydrogen) atoms. The third-order valence-electron chi connectivity index (χ3n) is 1.96. The molecule has 1 aromatic rings. The number of nitro groups is 1. The van der Waals surface area contributed by atoms with Crippen molar-refractivity contribution in [3.8, 4) is 0 Å². The van der Waals surface area contributed by atoms with Gasteiger partial charge in [0.2, 0.25) is 0 Å². The predicted molar refractivity (Wildman–Crippen MR) is 46.5 cm³/mol. The van der Waals surface area contributed by atoms with Gasteiger partial charge in [0.25, 0.3) is 5.69 Å². The minimum Gasteiger partial charge on any atom is -0.550 e. The van der Waals surface area contributed by atoms with Crippen LogP contribution in [0.3, 0.4) is 0 Å². The van der Waals surface area contributed by atoms with Crippen LogP contribution < -0.4 is 5.11 Å². The van der Waals surface area contributed by atoms with Gasteiger partial charge in [-0.3, -0.25) is 10.1 Å². The largest absolute Gasteiger partial charge is 0.550 e. The molecule has 0 bridgehead atoms. The van der Waals surface area contributed by atoms with Gasteiger partial charge in [0, 0.05) is 24.0 Å². The van der Waals surface area contributed by atoms with Crippen molar-refractivity contribution in [1.29, 1.82) is 0 Å². The van der Waals surface area contributed by atoms with E-state index in [0.717, 1.165) is 0 Å². The van der Waals surface area contributed by atoms with Crippen LogP contribution in [0, 0.1) is 10.1 Å². The number of carbonyl (C=O) groups is 1. The van der Waals surface area contributed by atoms with E-state index in [2.05, 4.69) is 0 Å². The molecule has 5 nitrogen and oxygen atoms in total. The Labute approximate surface area is 80.1 Å². The van der Waals surface area contributed by atoms with Gasteiger partial charge in [-0.2, -0.15) is 0 Å². The third-order valence-corrected chi connectivity index (χ3v) is 1.96. The van der Waals surface area contributed by atoms with E-state index in [1.54, 1.807) is 0 Å². The second-order valence-corrected chi connectivity index (χ2v) is 2.89. The van der Waals surface area contributed by atoms with E-state index in [1.807, 2.05) is 0 Å². The van der Waals surface area contributed by atoms with Gasteiger partial charge in [0.1, 0.15) is 0 Å². The summed E-state index contributed by atoms with van der Waals surface area (Å²) in [5, 5.41) is 20.8. The lowest BCUT2D eigenvalue weighted by molar-refractivity contribution is -0.384. The maximum absolute atomic E-state index is 10.5. The van der Waals surface area contributed by atoms with Crippen molar-refractivity contribution in [3.05, 3.63) is 39.9 Å². The van der Waals surface area contributed by atoms with Crippen LogP contribution in [-0.4, -0.2) is 10.9 Å². The zero-order valence-corrected chi connectivity index (χ0v) is 7.47. The molecule has 0 heterocycles. The molecule has 74 valence electrons. The highest BCUT2D eigenvalue weighted by molar-refractivity contribution is 5.73. The Morgan fingerprint density at radius 1 is 1.36 bits per heavy atom. The summed E-state index contributed by atoms with van der Waals surface area (Å²) in [6.07, 6.45) is 0. The number of hydrogen-bond donors (Lipinski definition) is 0. The lowest BCUT2D eigenvalue weighted by atomic mass is 10.0. The summed E-state index contributed by atoms with van der Waals surface area (Å²) in [7, 11) is 0. The number of benzene rings is 1. The molecule has 0 fully saturated rings. The Morgan fingerprint density at radius 3 is 2.21 bits per heavy atom. The van der Waals surface area contributed by atoms with E-state index in [4.69, 9.17) is 0 Å². The molecule has 0 amide bonds. The van der Waals surface area contributed by atoms with Crippen molar-refractivity contribution in [1.82, 2.24) is 0 Å². The van der Waals surface area contributed by atoms with Crippen LogP contribution in [0.15, 0.2) is 24.3 Å². The Morgan fingerprint density at radius 2 is 1.86 bits per heavy atom. The summed E-state index contributed by atoms with van der Waals surface area (Å²) >= 11 is 0. The van der Waals surface area contributed by atoms with Gasteiger partial charge in [0.05, 0.1) is 4.92 Å². The molecular formula is C9H8NO4-. The minimum absolute atomic E-state index is 0.0562. The molecule has 0 N–H and O–H groups in total. The van der Waals surface area contributed by atoms with Gasteiger partial charge in [-0.1, -0.05) is 19.1 Å². The number of nitrogens with zero attached hydrogens (tertiary/aromatic N) is 1. The van der Waals surface area contributed by atoms with Crippen molar-refractivity contribution in [3.63, 3.8) is 0 Å². The van der Waals surface area contributed by atoms with Crippen molar-refractivity contribution >= 4 is 11.7 Å². The standard InChI is InChI=1S/C9H9NO4/c1-6(9(11)12)7-2-4-8(5-3-7)10(13)14/h2-6H,1H3,(H,11,12)/p-1/t6-/m1/s1. The topological polar surface area (TPSA) is 83.3 Å². The van der Waals surface area contributed by atoms with Crippen molar-refractivity contribution in [2.75, 3.05) is 0 Å². The van der Waals surface area contributed by atoms with Crippen LogP contribution in [0.5, 0.6) is 0 Å². The summed E-state index contributed by atoms with van der Waals surface area (Å²) < 4.78 is 0. The summed E-state index contributed by atoms with van der Waals surface area (Å²) in [5.74, 6) is -1.95. The van der Waals surface area contributed by atoms with Gasteiger partial charge in [-0.25, -0.2) is 0 Å². The summed E-state index contributed by atoms with van der Waals surface area (Å²) in [5.41, 5.74) is 0.440. The van der Waals surface area contributed by atoms with Crippen molar-refractivity contribution in [2.45, 2.75) is 12.8 Å². The van der Waals surface area contributed by atoms with Gasteiger partial charge in [-0.05, 0) is 5.56 Å². The maximum atomic E-state index is 10.5. The predicted octanol–water partition coefficient (Wildman–Crippen LogP) is 0.448. The first-order chi connectivity index (χ1) is 6.52. The van der Waals surface area contributed by atoms with Crippen LogP contribution in [-0.2, 0) is 4.79 Å². The first kappa shape index (κ1) is 10.2. The Kier molecular flexibility index (Phi) is 2.81. The number of rotatable bonds is 3. The van der Waals surface area contributed by atoms with Gasteiger partial charge >= 0.3 is 0 Å². The average molecular weight is 194 g/mol. The van der Waals surface area contributed by atoms with E-state index < -0.39 is 16.8 Å². The Balaban J connectivity index is 2.94. The molecule has 0 unspecified atom stereocenters. The van der Waals surface area contributed by atoms with Crippen molar-refractivity contribution in [2.24, 2.45) is 0 Å². The number of non-ortho nitro benzene ring substituents is 1. The minimum atomic E-state index is -1.20. The van der Waals surface area contributed by atoms with Crippen LogP contribution >= 0.6 is 0 Å². The lowest BCUT2D eigenvalue weighted by Gasteiger charge is -2.11. The fraction of sp³-hybridized carbons (Fsp3) is 0.222. The number of aliphatic carboxylic acids is 1. The smallest absolute Gasteiger partial charge is 0.269 e. The van der Waals surface area contributed by atoms with Crippen LogP contribution in [0.2, 0.25) is 0 Å². The number of carbonyl (C=O) groups excluding carboxylic acids is 1. The maximum Gasteiger partial charge on any atom is 0.269 e. The molecule has 0 aliphatic rings. The first-order valence-electron chi connectivity index (χ1n) is 3.97. The highest BCUT2D eigenvalue weighted by atomic mass is 16.6. The number of hydrogen-bond acceptors (Lipinski definition) is 4. The summed E-state index contributed by atoms with van der Waals surface area (Å²) in [6.45, 7) is 1.47. The zero-order chi connectivity index (χ0) is 10.7. The lowest BCUT2D eigenvalue weighted by Crippen LogP contribution is -2.27. The van der Waals surface area contributed by atoms with E-state index in [1.165, 1.54) is 31.2 Å². The highest BCUT2D eigenvalue weighted by Gasteiger charge is 2.09. The van der Waals surface area contributed by atoms with Crippen LogP contribution in [0.1, 0.15) is 18.4 Å². The van der Waals surface area contributed by atoms with E-state index in [-0.39, 0.29) is 5.69 Å². The van der Waals surface area contributed by atoms with E-state index >= 15 is 0 Å². The zero-order valence-electron chi connectivity index (χ0n) is 7.47. The molecule has 1 rings (SSSR count). The second-order valence-electron chi connectivity index (χ2n) is 2.89. The molecule has 1 atom stereocenters. The van der Waals surface area contributed by atoms with E-state index in [0.29, 0.717) is 5.56 Å². The fourth-order valence-corrected chi connectivity index (χ4v) is 1.02. The Hall–Kier alpha value is -1.91. The van der Waals surface area contributed by atoms with Crippen LogP contribution in [0.25, 0.3) is 0 Å². The van der Waals surface area contributed by atoms with Gasteiger partial charge in [-0.15, -0.1) is 0 Å². The SMILES string of the molecule is C[C@@H](C(=O)[O-])c1ccc([N+](=O)[O-])cc1. The molecule has 5 heteroatoms. The average Bonchev–Trinajstić information content (AvgIpc) is 2.16. The second kappa shape index (κ2) is 3.87. The molecule has 0 aliphatic carbocycles. The molecule has 0 radical (unpaired) electrons. The van der Waals surface area contributed by atoms with Crippen molar-refractivity contribution < 1.29 is 14.8 Å².